The van der Waals surface area contributed by atoms with Crippen molar-refractivity contribution in [2.24, 2.45) is 0 Å². The van der Waals surface area contributed by atoms with Gasteiger partial charge in [-0.15, -0.1) is 0 Å². The van der Waals surface area contributed by atoms with Crippen LogP contribution in [0.25, 0.3) is 33.4 Å². The van der Waals surface area contributed by atoms with Gasteiger partial charge in [0.25, 0.3) is 5.56 Å². The fourth-order valence-electron chi connectivity index (χ4n) is 9.94. The van der Waals surface area contributed by atoms with Gasteiger partial charge in [0.2, 0.25) is 5.36 Å². The van der Waals surface area contributed by atoms with Crippen LogP contribution < -0.4 is 26.9 Å². The molecule has 0 bridgehead atoms. The minimum Gasteiger partial charge on any atom is -0.478 e. The van der Waals surface area contributed by atoms with E-state index in [1.165, 1.54) is 16.9 Å². The van der Waals surface area contributed by atoms with E-state index in [1.807, 2.05) is 59.7 Å². The standard InChI is InChI=1S/C63H85N4O25P3S4.CH4/c1-8-16-43-34-52-48(31-41(43)4)58(49-32-42(5)50(64-9-2)35-53(49)89-52)47-33-44(20-21-46(47)60(71)72)51(68)18-15-25-82-29-30-83-28-23-65-62(74)86-27-22-63(6,7)98-97-39-84-24-13-14-26-85-57(69)19-12-11-17-45-37-67(61(73)66-59(45)70)56-36-54(87-40-99(96)10-3)55(90-56)38-88-94(78,79)92-95(80,81)91-93(75,76)77;/h20-21,31-35,37,54-56H,8-10,12-16,18-19,22-30,36,38-40H2,1-7H3,(H,65,74)(H,71,72)(H,78,79)(H,80,81)(H,66,70,73)(H2,75,76,77);1H4/p+1/t54-,55+,56+,99?;/m0./s1. The van der Waals surface area contributed by atoms with Crippen molar-refractivity contribution >= 4 is 100 Å². The van der Waals surface area contributed by atoms with Crippen molar-refractivity contribution in [3.8, 4) is 34.3 Å². The van der Waals surface area contributed by atoms with Crippen molar-refractivity contribution in [3.63, 3.8) is 0 Å². The van der Waals surface area contributed by atoms with Gasteiger partial charge in [-0.05, 0) is 131 Å². The second kappa shape index (κ2) is 41.3. The van der Waals surface area contributed by atoms with Crippen molar-refractivity contribution < 1.29 is 113 Å². The molecule has 1 aromatic heterocycles. The molecule has 1 saturated heterocycles. The first kappa shape index (κ1) is 85.4. The predicted octanol–water partition coefficient (Wildman–Crippen LogP) is 8.43. The average Bonchev–Trinajstić information content (AvgIpc) is 0.925. The molecule has 3 unspecified atom stereocenters. The number of unbranched alkanes of at least 4 members (excludes halogenated alkanes) is 1. The van der Waals surface area contributed by atoms with Crippen LogP contribution in [0, 0.1) is 25.7 Å². The molecule has 2 aromatic carbocycles. The molecule has 6 atom stereocenters. The van der Waals surface area contributed by atoms with Crippen LogP contribution in [0.4, 0.5) is 4.79 Å². The van der Waals surface area contributed by atoms with Crippen LogP contribution in [0.2, 0.25) is 0 Å². The van der Waals surface area contributed by atoms with E-state index >= 15 is 0 Å². The lowest BCUT2D eigenvalue weighted by Gasteiger charge is -2.22. The number of esters is 1. The van der Waals surface area contributed by atoms with E-state index in [9.17, 15) is 57.4 Å². The van der Waals surface area contributed by atoms with Crippen LogP contribution in [0.1, 0.15) is 149 Å². The predicted molar refractivity (Wildman–Crippen MR) is 380 cm³/mol. The lowest BCUT2D eigenvalue weighted by atomic mass is 9.87. The van der Waals surface area contributed by atoms with E-state index in [0.717, 1.165) is 56.6 Å². The number of carboxylic acid groups (broad SMARTS) is 1. The number of fused-ring (bicyclic) bond motifs is 2. The van der Waals surface area contributed by atoms with Gasteiger partial charge in [0.15, 0.2) is 5.78 Å². The van der Waals surface area contributed by atoms with Gasteiger partial charge in [-0.3, -0.25) is 28.5 Å². The SMILES string of the molecule is C.CCCc1cc2oc3cc(=[NH+]CC)c(C)cc-3c(-c3cc(C(=O)CCCOCCOCCNC(=O)OCCC(C)(C)SSCOCCCCOC(=O)CCC#Cc4cn([C@H]5C[C@H](OCS(=S)CC)[C@@H](COP(=O)(O)OP(=O)(O)OP(=O)(O)O)O5)c(=O)[nH]c4=O)ccc3C(=O)O)c2cc1C. The first-order valence-corrected chi connectivity index (χ1v) is 41.1. The molecule has 29 nitrogen and oxygen atoms in total. The number of ketones is 1. The Hall–Kier alpha value is -5.27. The summed E-state index contributed by atoms with van der Waals surface area (Å²) in [6.45, 7) is 15.9. The van der Waals surface area contributed by atoms with E-state index < -0.39 is 87.2 Å². The van der Waals surface area contributed by atoms with E-state index in [4.69, 9.17) is 63.1 Å². The van der Waals surface area contributed by atoms with E-state index in [1.54, 1.807) is 22.9 Å². The van der Waals surface area contributed by atoms with Crippen LogP contribution in [0.3, 0.4) is 0 Å². The molecule has 36 heteroatoms. The molecule has 100 heavy (non-hydrogen) atoms. The summed E-state index contributed by atoms with van der Waals surface area (Å²) in [7, 11) is -14.5. The number of phosphoric acid groups is 3. The zero-order chi connectivity index (χ0) is 72.5. The fraction of sp³-hybridized carbons (Fsp3) is 0.547. The summed E-state index contributed by atoms with van der Waals surface area (Å²) in [5.74, 6) is 5.13. The summed E-state index contributed by atoms with van der Waals surface area (Å²) >= 11 is 5.32. The summed E-state index contributed by atoms with van der Waals surface area (Å²) in [6.07, 6.45) is 1.09. The maximum atomic E-state index is 13.7. The minimum absolute atomic E-state index is 0. The Balaban J connectivity index is 0.0000180. The molecule has 0 spiro atoms. The summed E-state index contributed by atoms with van der Waals surface area (Å²) in [5, 5.41) is 14.8. The molecule has 554 valence electrons. The van der Waals surface area contributed by atoms with Gasteiger partial charge in [0.1, 0.15) is 41.7 Å². The molecule has 3 aromatic rings. The molecule has 0 radical (unpaired) electrons. The Morgan fingerprint density at radius 1 is 0.870 bits per heavy atom. The number of H-pyrrole nitrogens is 1. The number of amides is 1. The highest BCUT2D eigenvalue weighted by atomic mass is 33.1. The Morgan fingerprint density at radius 2 is 1.60 bits per heavy atom. The molecular weight excluding hydrogens is 1450 g/mol. The normalized spacial score (nSPS) is 16.5. The number of phosphoric ester groups is 1. The van der Waals surface area contributed by atoms with Crippen molar-refractivity contribution in [3.05, 3.63) is 108 Å². The molecule has 2 aliphatic heterocycles. The van der Waals surface area contributed by atoms with Gasteiger partial charge >= 0.3 is 47.2 Å². The van der Waals surface area contributed by atoms with Crippen LogP contribution in [-0.2, 0) is 91.9 Å². The van der Waals surface area contributed by atoms with E-state index in [-0.39, 0.29) is 100 Å². The first-order valence-electron chi connectivity index (χ1n) is 31.8. The summed E-state index contributed by atoms with van der Waals surface area (Å²) < 4.78 is 94.2. The van der Waals surface area contributed by atoms with Crippen LogP contribution >= 0.6 is 45.1 Å². The number of benzene rings is 3. The van der Waals surface area contributed by atoms with E-state index in [0.29, 0.717) is 85.2 Å². The highest BCUT2D eigenvalue weighted by Gasteiger charge is 2.44. The number of carbonyl (C=O) groups excluding carboxylic acids is 3. The Labute approximate surface area is 594 Å². The number of hydrogen-bond donors (Lipinski definition) is 8. The summed E-state index contributed by atoms with van der Waals surface area (Å²) in [6, 6.07) is 12.8. The third-order valence-electron chi connectivity index (χ3n) is 14.8. The lowest BCUT2D eigenvalue weighted by molar-refractivity contribution is -0.496. The molecule has 0 saturated carbocycles. The molecule has 1 fully saturated rings. The van der Waals surface area contributed by atoms with Crippen LogP contribution in [0.5, 0.6) is 0 Å². The number of hydrogen-bond acceptors (Lipinski definition) is 23. The second-order valence-electron chi connectivity index (χ2n) is 23.1. The smallest absolute Gasteiger partial charge is 0.478 e. The number of Topliss-reactive ketones (excluding diaryl/α,β-unsaturated/α-hetero) is 1. The maximum Gasteiger partial charge on any atom is 0.490 e. The number of rotatable bonds is 42. The highest BCUT2D eigenvalue weighted by molar-refractivity contribution is 8.77. The number of nitrogens with one attached hydrogen (secondary N) is 3. The van der Waals surface area contributed by atoms with Gasteiger partial charge in [0.05, 0.1) is 69.7 Å². The summed E-state index contributed by atoms with van der Waals surface area (Å²) in [5.41, 5.74) is 4.24. The first-order chi connectivity index (χ1) is 46.9. The Kier molecular flexibility index (Phi) is 35.2. The van der Waals surface area contributed by atoms with Gasteiger partial charge in [-0.25, -0.2) is 33.1 Å². The monoisotopic (exact) mass is 1540 g/mol. The number of aryl methyl sites for hydroxylation is 3. The number of alkyl carbamates (subject to hydrolysis) is 1. The molecule has 6 rings (SSSR count). The average molecular weight is 1540 g/mol. The third-order valence-corrected chi connectivity index (χ3v) is 23.7. The number of aromatic carboxylic acids is 1. The van der Waals surface area contributed by atoms with Crippen molar-refractivity contribution in [1.29, 1.82) is 0 Å². The van der Waals surface area contributed by atoms with Gasteiger partial charge in [-0.1, -0.05) is 76.6 Å². The van der Waals surface area contributed by atoms with Gasteiger partial charge in [-0.2, -0.15) is 8.62 Å². The second-order valence-corrected chi connectivity index (χ2v) is 33.5. The zero-order valence-corrected chi connectivity index (χ0v) is 61.9. The van der Waals surface area contributed by atoms with Crippen LogP contribution in [-0.4, -0.2) is 159 Å². The Morgan fingerprint density at radius 3 is 2.31 bits per heavy atom. The molecule has 1 aliphatic carbocycles. The Bertz CT molecular complexity index is 4020. The molecular formula is C64H90N4O25P3S4+. The number of carboxylic acids is 1. The van der Waals surface area contributed by atoms with Crippen molar-refractivity contribution in [2.45, 2.75) is 143 Å². The fourth-order valence-corrected chi connectivity index (χ4v) is 15.9. The molecule has 8 N–H and O–H groups in total. The number of ether oxygens (including phenoxy) is 7. The van der Waals surface area contributed by atoms with Crippen molar-refractivity contribution in [2.75, 3.05) is 83.6 Å². The van der Waals surface area contributed by atoms with Crippen LogP contribution in [0.15, 0.2) is 62.7 Å². The van der Waals surface area contributed by atoms with E-state index in [2.05, 4.69) is 48.7 Å². The summed E-state index contributed by atoms with van der Waals surface area (Å²) in [4.78, 5) is 119. The topological polar surface area (TPSA) is 407 Å². The quantitative estimate of drug-likeness (QED) is 0.00265. The molecule has 3 aliphatic rings. The lowest BCUT2D eigenvalue weighted by Crippen LogP contribution is -2.76. The largest absolute Gasteiger partial charge is 0.490 e. The minimum atomic E-state index is -5.81. The number of carbonyl (C=O) groups is 4. The number of aromatic nitrogens is 2. The zero-order valence-electron chi connectivity index (χ0n) is 55.9. The van der Waals surface area contributed by atoms with Crippen molar-refractivity contribution in [1.82, 2.24) is 14.9 Å². The molecule has 3 heterocycles. The number of nitrogens with zero attached hydrogens (tertiary/aromatic N) is 1. The highest BCUT2D eigenvalue weighted by Crippen LogP contribution is 2.66. The molecule has 1 amide bonds. The third kappa shape index (κ3) is 28.1. The number of aromatic amines is 1. The van der Waals surface area contributed by atoms with Gasteiger partial charge < -0.3 is 67.6 Å². The van der Waals surface area contributed by atoms with Gasteiger partial charge in [0, 0.05) is 77.6 Å². The maximum absolute atomic E-state index is 13.7.